The van der Waals surface area contributed by atoms with Gasteiger partial charge in [0.2, 0.25) is 5.88 Å². The van der Waals surface area contributed by atoms with Gasteiger partial charge in [-0.05, 0) is 45.7 Å². The third-order valence-electron chi connectivity index (χ3n) is 4.60. The van der Waals surface area contributed by atoms with Crippen LogP contribution in [0.1, 0.15) is 46.1 Å². The minimum Gasteiger partial charge on any atom is -0.472 e. The van der Waals surface area contributed by atoms with Crippen LogP contribution < -0.4 is 10.1 Å². The maximum atomic E-state index is 6.14. The Morgan fingerprint density at radius 3 is 2.83 bits per heavy atom. The van der Waals surface area contributed by atoms with Crippen LogP contribution in [0.2, 0.25) is 0 Å². The highest BCUT2D eigenvalue weighted by Gasteiger charge is 2.45. The van der Waals surface area contributed by atoms with Gasteiger partial charge in [0, 0.05) is 31.3 Å². The molecule has 2 aliphatic rings. The number of aromatic nitrogens is 1. The molecular formula is C18H28N2O3. The van der Waals surface area contributed by atoms with E-state index in [9.17, 15) is 0 Å². The minimum absolute atomic E-state index is 0.0733. The van der Waals surface area contributed by atoms with Crippen LogP contribution in [0.5, 0.6) is 5.88 Å². The number of nitrogens with one attached hydrogen (secondary N) is 1. The first-order chi connectivity index (χ1) is 10.8. The monoisotopic (exact) mass is 320 g/mol. The lowest BCUT2D eigenvalue weighted by Gasteiger charge is -2.28. The van der Waals surface area contributed by atoms with Crippen molar-refractivity contribution in [2.45, 2.75) is 70.4 Å². The number of rotatable bonds is 5. The Kier molecular flexibility index (Phi) is 4.63. The SMILES string of the molecule is CC1(C)C[C@H](NCc2ccnc(O[C@H]3CCOC3)c2)C(C)(C)O1. The Bertz CT molecular complexity index is 539. The Balaban J connectivity index is 1.58. The smallest absolute Gasteiger partial charge is 0.213 e. The summed E-state index contributed by atoms with van der Waals surface area (Å²) in [5.74, 6) is 0.682. The van der Waals surface area contributed by atoms with Crippen molar-refractivity contribution in [2.24, 2.45) is 0 Å². The molecule has 0 unspecified atom stereocenters. The summed E-state index contributed by atoms with van der Waals surface area (Å²) in [5.41, 5.74) is 0.946. The fourth-order valence-electron chi connectivity index (χ4n) is 3.52. The van der Waals surface area contributed by atoms with Gasteiger partial charge >= 0.3 is 0 Å². The number of hydrogen-bond acceptors (Lipinski definition) is 5. The third kappa shape index (κ3) is 4.22. The van der Waals surface area contributed by atoms with E-state index in [1.54, 1.807) is 0 Å². The van der Waals surface area contributed by atoms with E-state index >= 15 is 0 Å². The molecule has 3 heterocycles. The number of ether oxygens (including phenoxy) is 3. The maximum Gasteiger partial charge on any atom is 0.213 e. The van der Waals surface area contributed by atoms with E-state index in [4.69, 9.17) is 14.2 Å². The van der Waals surface area contributed by atoms with Crippen molar-refractivity contribution in [1.82, 2.24) is 10.3 Å². The molecule has 128 valence electrons. The zero-order valence-corrected chi connectivity index (χ0v) is 14.6. The van der Waals surface area contributed by atoms with Gasteiger partial charge in [-0.1, -0.05) is 0 Å². The molecule has 3 rings (SSSR count). The molecule has 5 heteroatoms. The maximum absolute atomic E-state index is 6.14. The average Bonchev–Trinajstić information content (AvgIpc) is 3.02. The van der Waals surface area contributed by atoms with Gasteiger partial charge in [0.15, 0.2) is 0 Å². The van der Waals surface area contributed by atoms with Crippen LogP contribution in [0, 0.1) is 0 Å². The Labute approximate surface area is 138 Å². The van der Waals surface area contributed by atoms with Gasteiger partial charge in [0.25, 0.3) is 0 Å². The van der Waals surface area contributed by atoms with E-state index in [2.05, 4.69) is 38.0 Å². The fraction of sp³-hybridized carbons (Fsp3) is 0.722. The van der Waals surface area contributed by atoms with Crippen molar-refractivity contribution >= 4 is 0 Å². The first kappa shape index (κ1) is 16.7. The second-order valence-corrected chi connectivity index (χ2v) is 7.71. The zero-order chi connectivity index (χ0) is 16.5. The third-order valence-corrected chi connectivity index (χ3v) is 4.60. The van der Waals surface area contributed by atoms with Crippen LogP contribution in [-0.2, 0) is 16.0 Å². The topological polar surface area (TPSA) is 52.6 Å². The second-order valence-electron chi connectivity index (χ2n) is 7.71. The summed E-state index contributed by atoms with van der Waals surface area (Å²) in [4.78, 5) is 4.30. The first-order valence-corrected chi connectivity index (χ1v) is 8.47. The fourth-order valence-corrected chi connectivity index (χ4v) is 3.52. The van der Waals surface area contributed by atoms with E-state index in [-0.39, 0.29) is 17.3 Å². The van der Waals surface area contributed by atoms with Gasteiger partial charge in [-0.3, -0.25) is 0 Å². The van der Waals surface area contributed by atoms with Crippen LogP contribution >= 0.6 is 0 Å². The molecule has 2 saturated heterocycles. The Morgan fingerprint density at radius 2 is 2.17 bits per heavy atom. The lowest BCUT2D eigenvalue weighted by Crippen LogP contribution is -2.42. The number of hydrogen-bond donors (Lipinski definition) is 1. The van der Waals surface area contributed by atoms with Gasteiger partial charge in [-0.25, -0.2) is 4.98 Å². The summed E-state index contributed by atoms with van der Waals surface area (Å²) in [7, 11) is 0. The quantitative estimate of drug-likeness (QED) is 0.904. The standard InChI is InChI=1S/C18H28N2O3/c1-17(2)10-15(18(3,4)23-17)20-11-13-5-7-19-16(9-13)22-14-6-8-21-12-14/h5,7,9,14-15,20H,6,8,10-12H2,1-4H3/t14-,15-/m0/s1. The van der Waals surface area contributed by atoms with Crippen molar-refractivity contribution in [2.75, 3.05) is 13.2 Å². The van der Waals surface area contributed by atoms with Crippen molar-refractivity contribution in [3.63, 3.8) is 0 Å². The molecule has 0 saturated carbocycles. The molecule has 1 N–H and O–H groups in total. The lowest BCUT2D eigenvalue weighted by molar-refractivity contribution is -0.0699. The summed E-state index contributed by atoms with van der Waals surface area (Å²) < 4.78 is 17.3. The molecule has 0 aromatic carbocycles. The van der Waals surface area contributed by atoms with Gasteiger partial charge < -0.3 is 19.5 Å². The molecule has 1 aromatic rings. The molecule has 1 aromatic heterocycles. The highest BCUT2D eigenvalue weighted by Crippen LogP contribution is 2.37. The van der Waals surface area contributed by atoms with Gasteiger partial charge in [0.05, 0.1) is 24.4 Å². The molecule has 0 amide bonds. The van der Waals surface area contributed by atoms with Crippen LogP contribution in [0.3, 0.4) is 0 Å². The molecule has 0 spiro atoms. The van der Waals surface area contributed by atoms with Crippen LogP contribution in [-0.4, -0.2) is 41.5 Å². The molecule has 2 aliphatic heterocycles. The van der Waals surface area contributed by atoms with E-state index in [1.807, 2.05) is 18.3 Å². The van der Waals surface area contributed by atoms with Crippen molar-refractivity contribution in [3.8, 4) is 5.88 Å². The molecule has 0 bridgehead atoms. The van der Waals surface area contributed by atoms with Crippen molar-refractivity contribution < 1.29 is 14.2 Å². The highest BCUT2D eigenvalue weighted by atomic mass is 16.5. The van der Waals surface area contributed by atoms with E-state index in [1.165, 1.54) is 5.56 Å². The summed E-state index contributed by atoms with van der Waals surface area (Å²) >= 11 is 0. The van der Waals surface area contributed by atoms with Gasteiger partial charge in [-0.2, -0.15) is 0 Å². The van der Waals surface area contributed by atoms with Gasteiger partial charge in [0.1, 0.15) is 6.10 Å². The zero-order valence-electron chi connectivity index (χ0n) is 14.6. The summed E-state index contributed by atoms with van der Waals surface area (Å²) in [6.07, 6.45) is 3.89. The summed E-state index contributed by atoms with van der Waals surface area (Å²) in [5, 5.41) is 3.63. The minimum atomic E-state index is -0.156. The number of pyridine rings is 1. The Hall–Kier alpha value is -1.17. The predicted octanol–water partition coefficient (Wildman–Crippen LogP) is 2.69. The molecule has 2 atom stereocenters. The molecule has 2 fully saturated rings. The molecule has 5 nitrogen and oxygen atoms in total. The van der Waals surface area contributed by atoms with Crippen LogP contribution in [0.15, 0.2) is 18.3 Å². The van der Waals surface area contributed by atoms with E-state index in [0.717, 1.165) is 26.0 Å². The Morgan fingerprint density at radius 1 is 1.35 bits per heavy atom. The largest absolute Gasteiger partial charge is 0.472 e. The second kappa shape index (κ2) is 6.38. The van der Waals surface area contributed by atoms with Crippen molar-refractivity contribution in [3.05, 3.63) is 23.9 Å². The van der Waals surface area contributed by atoms with Gasteiger partial charge in [-0.15, -0.1) is 0 Å². The summed E-state index contributed by atoms with van der Waals surface area (Å²) in [6, 6.07) is 4.37. The van der Waals surface area contributed by atoms with E-state index in [0.29, 0.717) is 18.5 Å². The predicted molar refractivity (Wildman–Crippen MR) is 88.6 cm³/mol. The normalized spacial score (nSPS) is 28.9. The van der Waals surface area contributed by atoms with Crippen molar-refractivity contribution in [1.29, 1.82) is 0 Å². The molecular weight excluding hydrogens is 292 g/mol. The number of nitrogens with zero attached hydrogens (tertiary/aromatic N) is 1. The first-order valence-electron chi connectivity index (χ1n) is 8.47. The molecule has 23 heavy (non-hydrogen) atoms. The summed E-state index contributed by atoms with van der Waals surface area (Å²) in [6.45, 7) is 10.8. The average molecular weight is 320 g/mol. The van der Waals surface area contributed by atoms with E-state index < -0.39 is 0 Å². The molecule has 0 radical (unpaired) electrons. The van der Waals surface area contributed by atoms with Crippen LogP contribution in [0.25, 0.3) is 0 Å². The molecule has 0 aliphatic carbocycles. The van der Waals surface area contributed by atoms with Crippen LogP contribution in [0.4, 0.5) is 0 Å². The highest BCUT2D eigenvalue weighted by molar-refractivity contribution is 5.21. The lowest BCUT2D eigenvalue weighted by atomic mass is 9.94.